The Hall–Kier alpha value is -1.37. The molecular formula is C15H20N2O. The zero-order valence-electron chi connectivity index (χ0n) is 10.8. The SMILES string of the molecule is CC(NC(CCO)C1CC1)c1cccc(C#N)c1. The second kappa shape index (κ2) is 5.99. The van der Waals surface area contributed by atoms with Crippen LogP contribution in [0.15, 0.2) is 24.3 Å². The van der Waals surface area contributed by atoms with Crippen LogP contribution >= 0.6 is 0 Å². The third-order valence-corrected chi connectivity index (χ3v) is 3.61. The molecule has 2 atom stereocenters. The molecule has 0 aliphatic heterocycles. The zero-order chi connectivity index (χ0) is 13.0. The van der Waals surface area contributed by atoms with Gasteiger partial charge in [-0.05, 0) is 49.8 Å². The van der Waals surface area contributed by atoms with Gasteiger partial charge in [-0.3, -0.25) is 0 Å². The summed E-state index contributed by atoms with van der Waals surface area (Å²) < 4.78 is 0. The van der Waals surface area contributed by atoms with E-state index in [1.54, 1.807) is 0 Å². The van der Waals surface area contributed by atoms with Crippen molar-refractivity contribution in [2.45, 2.75) is 38.3 Å². The van der Waals surface area contributed by atoms with Gasteiger partial charge in [-0.25, -0.2) is 0 Å². The number of hydrogen-bond acceptors (Lipinski definition) is 3. The van der Waals surface area contributed by atoms with Crippen molar-refractivity contribution in [2.24, 2.45) is 5.92 Å². The highest BCUT2D eigenvalue weighted by Gasteiger charge is 2.31. The molecular weight excluding hydrogens is 224 g/mol. The van der Waals surface area contributed by atoms with Gasteiger partial charge in [0, 0.05) is 18.7 Å². The molecule has 1 aromatic carbocycles. The number of rotatable bonds is 6. The lowest BCUT2D eigenvalue weighted by Crippen LogP contribution is -2.34. The van der Waals surface area contributed by atoms with Gasteiger partial charge in [0.1, 0.15) is 0 Å². The normalized spacial score (nSPS) is 18.1. The standard InChI is InChI=1S/C15H20N2O/c1-11(14-4-2-3-12(9-14)10-16)17-15(7-8-18)13-5-6-13/h2-4,9,11,13,15,17-18H,5-8H2,1H3. The molecule has 0 amide bonds. The van der Waals surface area contributed by atoms with E-state index < -0.39 is 0 Å². The molecule has 1 aliphatic rings. The molecule has 0 aromatic heterocycles. The van der Waals surface area contributed by atoms with E-state index in [9.17, 15) is 0 Å². The molecule has 2 unspecified atom stereocenters. The molecule has 1 aromatic rings. The maximum Gasteiger partial charge on any atom is 0.0991 e. The summed E-state index contributed by atoms with van der Waals surface area (Å²) in [6, 6.07) is 10.5. The first kappa shape index (κ1) is 13.1. The first-order chi connectivity index (χ1) is 8.74. The number of nitrogens with one attached hydrogen (secondary N) is 1. The average Bonchev–Trinajstić information content (AvgIpc) is 3.22. The highest BCUT2D eigenvalue weighted by atomic mass is 16.3. The van der Waals surface area contributed by atoms with Crippen LogP contribution in [-0.2, 0) is 0 Å². The van der Waals surface area contributed by atoms with Crippen LogP contribution in [0, 0.1) is 17.2 Å². The van der Waals surface area contributed by atoms with E-state index in [1.807, 2.05) is 24.3 Å². The van der Waals surface area contributed by atoms with Crippen LogP contribution in [-0.4, -0.2) is 17.8 Å². The summed E-state index contributed by atoms with van der Waals surface area (Å²) in [5, 5.41) is 21.6. The predicted molar refractivity (Wildman–Crippen MR) is 70.9 cm³/mol. The van der Waals surface area contributed by atoms with Crippen LogP contribution in [0.2, 0.25) is 0 Å². The first-order valence-corrected chi connectivity index (χ1v) is 6.61. The summed E-state index contributed by atoms with van der Waals surface area (Å²) in [6.07, 6.45) is 3.35. The lowest BCUT2D eigenvalue weighted by atomic mass is 10.0. The number of aliphatic hydroxyl groups excluding tert-OH is 1. The van der Waals surface area contributed by atoms with E-state index in [2.05, 4.69) is 18.3 Å². The fraction of sp³-hybridized carbons (Fsp3) is 0.533. The van der Waals surface area contributed by atoms with Gasteiger partial charge in [-0.15, -0.1) is 0 Å². The van der Waals surface area contributed by atoms with Gasteiger partial charge in [-0.1, -0.05) is 12.1 Å². The topological polar surface area (TPSA) is 56.0 Å². The molecule has 18 heavy (non-hydrogen) atoms. The van der Waals surface area contributed by atoms with Crippen molar-refractivity contribution in [3.63, 3.8) is 0 Å². The van der Waals surface area contributed by atoms with Crippen molar-refractivity contribution in [1.29, 1.82) is 5.26 Å². The maximum atomic E-state index is 9.10. The smallest absolute Gasteiger partial charge is 0.0991 e. The van der Waals surface area contributed by atoms with E-state index in [-0.39, 0.29) is 12.6 Å². The molecule has 3 heteroatoms. The van der Waals surface area contributed by atoms with Crippen LogP contribution in [0.5, 0.6) is 0 Å². The Morgan fingerprint density at radius 3 is 2.89 bits per heavy atom. The summed E-state index contributed by atoms with van der Waals surface area (Å²) in [7, 11) is 0. The largest absolute Gasteiger partial charge is 0.396 e. The summed E-state index contributed by atoms with van der Waals surface area (Å²) in [5.41, 5.74) is 1.84. The van der Waals surface area contributed by atoms with E-state index in [4.69, 9.17) is 10.4 Å². The van der Waals surface area contributed by atoms with Crippen LogP contribution in [0.25, 0.3) is 0 Å². The van der Waals surface area contributed by atoms with Gasteiger partial charge in [-0.2, -0.15) is 5.26 Å². The van der Waals surface area contributed by atoms with Crippen molar-refractivity contribution in [2.75, 3.05) is 6.61 Å². The molecule has 3 nitrogen and oxygen atoms in total. The zero-order valence-corrected chi connectivity index (χ0v) is 10.8. The van der Waals surface area contributed by atoms with Gasteiger partial charge in [0.15, 0.2) is 0 Å². The first-order valence-electron chi connectivity index (χ1n) is 6.61. The molecule has 0 heterocycles. The Labute approximate surface area is 108 Å². The van der Waals surface area contributed by atoms with Gasteiger partial charge in [0.05, 0.1) is 11.6 Å². The molecule has 2 N–H and O–H groups in total. The van der Waals surface area contributed by atoms with E-state index in [0.29, 0.717) is 11.6 Å². The Morgan fingerprint density at radius 2 is 2.28 bits per heavy atom. The third kappa shape index (κ3) is 3.32. The summed E-state index contributed by atoms with van der Waals surface area (Å²) in [5.74, 6) is 0.721. The number of nitriles is 1. The summed E-state index contributed by atoms with van der Waals surface area (Å²) >= 11 is 0. The van der Waals surface area contributed by atoms with E-state index >= 15 is 0 Å². The molecule has 0 bridgehead atoms. The lowest BCUT2D eigenvalue weighted by molar-refractivity contribution is 0.250. The molecule has 0 radical (unpaired) electrons. The monoisotopic (exact) mass is 244 g/mol. The second-order valence-electron chi connectivity index (χ2n) is 5.08. The van der Waals surface area contributed by atoms with Crippen LogP contribution in [0.3, 0.4) is 0 Å². The third-order valence-electron chi connectivity index (χ3n) is 3.61. The van der Waals surface area contributed by atoms with Crippen molar-refractivity contribution in [3.8, 4) is 6.07 Å². The fourth-order valence-corrected chi connectivity index (χ4v) is 2.39. The number of aliphatic hydroxyl groups is 1. The highest BCUT2D eigenvalue weighted by Crippen LogP contribution is 2.35. The van der Waals surface area contributed by atoms with Gasteiger partial charge < -0.3 is 10.4 Å². The molecule has 1 aliphatic carbocycles. The quantitative estimate of drug-likeness (QED) is 0.807. The van der Waals surface area contributed by atoms with Crippen molar-refractivity contribution < 1.29 is 5.11 Å². The number of hydrogen-bond donors (Lipinski definition) is 2. The molecule has 1 fully saturated rings. The van der Waals surface area contributed by atoms with Crippen molar-refractivity contribution in [3.05, 3.63) is 35.4 Å². The Morgan fingerprint density at radius 1 is 1.50 bits per heavy atom. The molecule has 2 rings (SSSR count). The maximum absolute atomic E-state index is 9.10. The Balaban J connectivity index is 2.01. The Bertz CT molecular complexity index is 434. The number of nitrogens with zero attached hydrogens (tertiary/aromatic N) is 1. The minimum Gasteiger partial charge on any atom is -0.396 e. The highest BCUT2D eigenvalue weighted by molar-refractivity contribution is 5.34. The van der Waals surface area contributed by atoms with Crippen LogP contribution < -0.4 is 5.32 Å². The van der Waals surface area contributed by atoms with Crippen LogP contribution in [0.1, 0.15) is 43.4 Å². The number of benzene rings is 1. The fourth-order valence-electron chi connectivity index (χ4n) is 2.39. The molecule has 1 saturated carbocycles. The minimum atomic E-state index is 0.218. The molecule has 0 saturated heterocycles. The predicted octanol–water partition coefficient (Wildman–Crippen LogP) is 2.37. The molecule has 0 spiro atoms. The van der Waals surface area contributed by atoms with Crippen molar-refractivity contribution in [1.82, 2.24) is 5.32 Å². The van der Waals surface area contributed by atoms with Gasteiger partial charge >= 0.3 is 0 Å². The lowest BCUT2D eigenvalue weighted by Gasteiger charge is -2.23. The van der Waals surface area contributed by atoms with E-state index in [1.165, 1.54) is 12.8 Å². The molecule has 96 valence electrons. The Kier molecular flexibility index (Phi) is 4.35. The summed E-state index contributed by atoms with van der Waals surface area (Å²) in [6.45, 7) is 2.35. The van der Waals surface area contributed by atoms with Gasteiger partial charge in [0.25, 0.3) is 0 Å². The summed E-state index contributed by atoms with van der Waals surface area (Å²) in [4.78, 5) is 0. The second-order valence-corrected chi connectivity index (χ2v) is 5.08. The average molecular weight is 244 g/mol. The van der Waals surface area contributed by atoms with Gasteiger partial charge in [0.2, 0.25) is 0 Å². The minimum absolute atomic E-state index is 0.218. The van der Waals surface area contributed by atoms with Crippen molar-refractivity contribution >= 4 is 0 Å². The van der Waals surface area contributed by atoms with Crippen LogP contribution in [0.4, 0.5) is 0 Å². The van der Waals surface area contributed by atoms with E-state index in [0.717, 1.165) is 17.9 Å².